The minimum atomic E-state index is -0.479. The van der Waals surface area contributed by atoms with Gasteiger partial charge in [-0.05, 0) is 41.9 Å². The normalized spacial score (nSPS) is 10.6. The molecule has 1 aromatic heterocycles. The number of fused-ring (bicyclic) bond motifs is 1. The minimum Gasteiger partial charge on any atom is -0.493 e. The van der Waals surface area contributed by atoms with Crippen molar-refractivity contribution >= 4 is 44.4 Å². The first-order valence-electron chi connectivity index (χ1n) is 6.16. The molecule has 1 aromatic carbocycles. The van der Waals surface area contributed by atoms with Gasteiger partial charge >= 0.3 is 5.97 Å². The lowest BCUT2D eigenvalue weighted by Gasteiger charge is -2.10. The summed E-state index contributed by atoms with van der Waals surface area (Å²) in [6.07, 6.45) is 1.43. The molecule has 0 saturated heterocycles. The molecule has 0 atom stereocenters. The van der Waals surface area contributed by atoms with Crippen LogP contribution in [-0.4, -0.2) is 24.2 Å². The number of nitrogens with zero attached hydrogens (tertiary/aromatic N) is 1. The second-order valence-corrected chi connectivity index (χ2v) is 5.17. The van der Waals surface area contributed by atoms with Crippen LogP contribution >= 0.6 is 27.5 Å². The third-order valence-corrected chi connectivity index (χ3v) is 3.68. The summed E-state index contributed by atoms with van der Waals surface area (Å²) in [6.45, 7) is 4.46. The molecule has 0 unspecified atom stereocenters. The van der Waals surface area contributed by atoms with Gasteiger partial charge in [-0.3, -0.25) is 4.98 Å². The number of rotatable bonds is 4. The Morgan fingerprint density at radius 1 is 1.35 bits per heavy atom. The molecule has 1 heterocycles. The van der Waals surface area contributed by atoms with E-state index >= 15 is 0 Å². The summed E-state index contributed by atoms with van der Waals surface area (Å²) in [7, 11) is 0. The van der Waals surface area contributed by atoms with Crippen LogP contribution in [0.5, 0.6) is 5.75 Å². The van der Waals surface area contributed by atoms with Crippen molar-refractivity contribution in [1.82, 2.24) is 4.98 Å². The summed E-state index contributed by atoms with van der Waals surface area (Å²) >= 11 is 9.70. The van der Waals surface area contributed by atoms with E-state index in [1.165, 1.54) is 6.20 Å². The Morgan fingerprint density at radius 2 is 2.10 bits per heavy atom. The van der Waals surface area contributed by atoms with Crippen molar-refractivity contribution < 1.29 is 14.3 Å². The third kappa shape index (κ3) is 2.88. The minimum absolute atomic E-state index is 0.255. The zero-order valence-corrected chi connectivity index (χ0v) is 13.4. The molecule has 0 amide bonds. The standard InChI is InChI=1S/C14H13BrClNO3/c1-3-19-12-5-8-11(6-10(12)15)17-7-9(13(8)16)14(18)20-4-2/h5-7H,3-4H2,1-2H3. The van der Waals surface area contributed by atoms with Crippen molar-refractivity contribution in [3.8, 4) is 5.75 Å². The highest BCUT2D eigenvalue weighted by Crippen LogP contribution is 2.34. The molecule has 106 valence electrons. The van der Waals surface area contributed by atoms with Crippen molar-refractivity contribution in [1.29, 1.82) is 0 Å². The summed E-state index contributed by atoms with van der Waals surface area (Å²) in [5, 5.41) is 0.978. The Hall–Kier alpha value is -1.33. The first-order valence-corrected chi connectivity index (χ1v) is 7.33. The van der Waals surface area contributed by atoms with Gasteiger partial charge in [0, 0.05) is 11.6 Å². The van der Waals surface area contributed by atoms with E-state index in [1.54, 1.807) is 19.1 Å². The number of hydrogen-bond acceptors (Lipinski definition) is 4. The number of ether oxygens (including phenoxy) is 2. The van der Waals surface area contributed by atoms with E-state index in [0.717, 1.165) is 4.47 Å². The molecule has 20 heavy (non-hydrogen) atoms. The van der Waals surface area contributed by atoms with Crippen LogP contribution in [0.1, 0.15) is 24.2 Å². The molecule has 0 spiro atoms. The van der Waals surface area contributed by atoms with Gasteiger partial charge in [-0.2, -0.15) is 0 Å². The summed E-state index contributed by atoms with van der Waals surface area (Å²) in [4.78, 5) is 16.0. The second-order valence-electron chi connectivity index (χ2n) is 3.94. The Kier molecular flexibility index (Phi) is 4.83. The smallest absolute Gasteiger partial charge is 0.341 e. The number of aromatic nitrogens is 1. The van der Waals surface area contributed by atoms with Crippen LogP contribution in [0.25, 0.3) is 10.9 Å². The zero-order chi connectivity index (χ0) is 14.7. The lowest BCUT2D eigenvalue weighted by Crippen LogP contribution is -2.06. The molecule has 4 nitrogen and oxygen atoms in total. The average Bonchev–Trinajstić information content (AvgIpc) is 2.41. The Balaban J connectivity index is 2.59. The monoisotopic (exact) mass is 357 g/mol. The van der Waals surface area contributed by atoms with Gasteiger partial charge < -0.3 is 9.47 Å². The molecular formula is C14H13BrClNO3. The molecule has 0 radical (unpaired) electrons. The number of hydrogen-bond donors (Lipinski definition) is 0. The zero-order valence-electron chi connectivity index (χ0n) is 11.1. The van der Waals surface area contributed by atoms with Crippen LogP contribution in [0.15, 0.2) is 22.8 Å². The van der Waals surface area contributed by atoms with Crippen molar-refractivity contribution in [3.63, 3.8) is 0 Å². The molecule has 0 fully saturated rings. The van der Waals surface area contributed by atoms with E-state index in [0.29, 0.717) is 28.3 Å². The summed E-state index contributed by atoms with van der Waals surface area (Å²) in [6, 6.07) is 3.57. The first kappa shape index (κ1) is 15.1. The molecule has 0 aliphatic rings. The van der Waals surface area contributed by atoms with Crippen LogP contribution in [0.3, 0.4) is 0 Å². The number of benzene rings is 1. The number of carbonyl (C=O) groups excluding carboxylic acids is 1. The molecule has 0 N–H and O–H groups in total. The van der Waals surface area contributed by atoms with Crippen molar-refractivity contribution in [2.75, 3.05) is 13.2 Å². The molecular weight excluding hydrogens is 346 g/mol. The van der Waals surface area contributed by atoms with E-state index in [1.807, 2.05) is 6.92 Å². The predicted octanol–water partition coefficient (Wildman–Crippen LogP) is 4.23. The lowest BCUT2D eigenvalue weighted by molar-refractivity contribution is 0.0526. The molecule has 0 saturated carbocycles. The van der Waals surface area contributed by atoms with Gasteiger partial charge in [-0.15, -0.1) is 0 Å². The molecule has 0 bridgehead atoms. The topological polar surface area (TPSA) is 48.4 Å². The highest BCUT2D eigenvalue weighted by Gasteiger charge is 2.16. The lowest BCUT2D eigenvalue weighted by atomic mass is 10.1. The average molecular weight is 359 g/mol. The molecule has 2 rings (SSSR count). The number of pyridine rings is 1. The van der Waals surface area contributed by atoms with E-state index < -0.39 is 5.97 Å². The quantitative estimate of drug-likeness (QED) is 0.768. The maximum absolute atomic E-state index is 11.8. The highest BCUT2D eigenvalue weighted by atomic mass is 79.9. The van der Waals surface area contributed by atoms with E-state index in [-0.39, 0.29) is 12.2 Å². The van der Waals surface area contributed by atoms with Gasteiger partial charge in [-0.1, -0.05) is 11.6 Å². The predicted molar refractivity (Wildman–Crippen MR) is 81.6 cm³/mol. The SMILES string of the molecule is CCOC(=O)c1cnc2cc(Br)c(OCC)cc2c1Cl. The maximum atomic E-state index is 11.8. The summed E-state index contributed by atoms with van der Waals surface area (Å²) in [5.74, 6) is 0.178. The fourth-order valence-corrected chi connectivity index (χ4v) is 2.50. The van der Waals surface area contributed by atoms with Crippen LogP contribution in [-0.2, 0) is 4.74 Å². The summed E-state index contributed by atoms with van der Waals surface area (Å²) < 4.78 is 11.2. The van der Waals surface area contributed by atoms with Crippen LogP contribution < -0.4 is 4.74 Å². The largest absolute Gasteiger partial charge is 0.493 e. The summed E-state index contributed by atoms with van der Waals surface area (Å²) in [5.41, 5.74) is 0.934. The Bertz CT molecular complexity index is 660. The highest BCUT2D eigenvalue weighted by molar-refractivity contribution is 9.10. The molecule has 0 aliphatic heterocycles. The van der Waals surface area contributed by atoms with E-state index in [9.17, 15) is 4.79 Å². The van der Waals surface area contributed by atoms with Crippen LogP contribution in [0.4, 0.5) is 0 Å². The fraction of sp³-hybridized carbons (Fsp3) is 0.286. The number of halogens is 2. The molecule has 2 aromatic rings. The van der Waals surface area contributed by atoms with Crippen LogP contribution in [0.2, 0.25) is 5.02 Å². The van der Waals surface area contributed by atoms with E-state index in [2.05, 4.69) is 20.9 Å². The fourth-order valence-electron chi connectivity index (χ4n) is 1.78. The van der Waals surface area contributed by atoms with Crippen molar-refractivity contribution in [3.05, 3.63) is 33.4 Å². The van der Waals surface area contributed by atoms with Crippen LogP contribution in [0, 0.1) is 0 Å². The maximum Gasteiger partial charge on any atom is 0.341 e. The van der Waals surface area contributed by atoms with Gasteiger partial charge in [0.2, 0.25) is 0 Å². The third-order valence-electron chi connectivity index (χ3n) is 2.65. The molecule has 0 aliphatic carbocycles. The number of esters is 1. The van der Waals surface area contributed by atoms with E-state index in [4.69, 9.17) is 21.1 Å². The van der Waals surface area contributed by atoms with Gasteiger partial charge in [0.1, 0.15) is 5.75 Å². The Morgan fingerprint density at radius 3 is 2.75 bits per heavy atom. The first-order chi connectivity index (χ1) is 9.58. The van der Waals surface area contributed by atoms with Gasteiger partial charge in [0.15, 0.2) is 0 Å². The van der Waals surface area contributed by atoms with Gasteiger partial charge in [-0.25, -0.2) is 4.79 Å². The number of carbonyl (C=O) groups is 1. The van der Waals surface area contributed by atoms with Crippen molar-refractivity contribution in [2.45, 2.75) is 13.8 Å². The Labute approximate surface area is 130 Å². The van der Waals surface area contributed by atoms with Crippen molar-refractivity contribution in [2.24, 2.45) is 0 Å². The second kappa shape index (κ2) is 6.41. The molecule has 6 heteroatoms. The van der Waals surface area contributed by atoms with Gasteiger partial charge in [0.25, 0.3) is 0 Å². The van der Waals surface area contributed by atoms with Gasteiger partial charge in [0.05, 0.1) is 33.8 Å².